The molecule has 0 saturated carbocycles. The smallest absolute Gasteiger partial charge is 0.261 e. The van der Waals surface area contributed by atoms with Gasteiger partial charge < -0.3 is 15.4 Å². The van der Waals surface area contributed by atoms with Gasteiger partial charge in [0.05, 0.1) is 17.1 Å². The first kappa shape index (κ1) is 20.9. The van der Waals surface area contributed by atoms with E-state index in [-0.39, 0.29) is 23.9 Å². The SMILES string of the molecule is Cl.O=C(NCc1cccnc1-n1cncn1)c1cc2c(s1)CCOC21CCNCC1. The molecule has 10 heteroatoms. The molecule has 1 saturated heterocycles. The van der Waals surface area contributed by atoms with Crippen LogP contribution >= 0.6 is 23.7 Å². The lowest BCUT2D eigenvalue weighted by molar-refractivity contribution is -0.0792. The number of fused-ring (bicyclic) bond motifs is 2. The van der Waals surface area contributed by atoms with Crippen LogP contribution in [0.15, 0.2) is 37.1 Å². The van der Waals surface area contributed by atoms with Crippen molar-refractivity contribution in [1.29, 1.82) is 0 Å². The largest absolute Gasteiger partial charge is 0.370 e. The number of hydrogen-bond acceptors (Lipinski definition) is 7. The van der Waals surface area contributed by atoms with Gasteiger partial charge in [-0.05, 0) is 43.6 Å². The van der Waals surface area contributed by atoms with Crippen LogP contribution in [0.1, 0.15) is 38.5 Å². The van der Waals surface area contributed by atoms with E-state index < -0.39 is 0 Å². The zero-order valence-electron chi connectivity index (χ0n) is 16.3. The molecule has 1 fully saturated rings. The molecule has 3 aromatic heterocycles. The van der Waals surface area contributed by atoms with Crippen molar-refractivity contribution in [3.05, 3.63) is 57.9 Å². The van der Waals surface area contributed by atoms with E-state index in [2.05, 4.69) is 25.7 Å². The van der Waals surface area contributed by atoms with Crippen LogP contribution in [-0.4, -0.2) is 45.4 Å². The summed E-state index contributed by atoms with van der Waals surface area (Å²) in [7, 11) is 0. The lowest BCUT2D eigenvalue weighted by atomic mass is 9.83. The summed E-state index contributed by atoms with van der Waals surface area (Å²) in [6.45, 7) is 2.99. The maximum atomic E-state index is 12.9. The molecule has 0 atom stereocenters. The first-order valence-corrected chi connectivity index (χ1v) is 10.6. The third-order valence-electron chi connectivity index (χ3n) is 5.59. The van der Waals surface area contributed by atoms with Crippen LogP contribution in [0, 0.1) is 0 Å². The highest BCUT2D eigenvalue weighted by Gasteiger charge is 2.40. The molecule has 0 aliphatic carbocycles. The molecular formula is C20H23ClN6O2S. The topological polar surface area (TPSA) is 94.0 Å². The number of aromatic nitrogens is 4. The molecule has 8 nitrogen and oxygen atoms in total. The Kier molecular flexibility index (Phi) is 6.14. The predicted molar refractivity (Wildman–Crippen MR) is 115 cm³/mol. The van der Waals surface area contributed by atoms with Crippen LogP contribution in [0.4, 0.5) is 0 Å². The van der Waals surface area contributed by atoms with Gasteiger partial charge in [0.25, 0.3) is 5.91 Å². The zero-order valence-corrected chi connectivity index (χ0v) is 18.0. The molecule has 2 aliphatic rings. The normalized spacial score (nSPS) is 17.2. The Morgan fingerprint density at radius 2 is 2.23 bits per heavy atom. The van der Waals surface area contributed by atoms with Crippen LogP contribution < -0.4 is 10.6 Å². The maximum Gasteiger partial charge on any atom is 0.261 e. The lowest BCUT2D eigenvalue weighted by Crippen LogP contribution is -2.44. The van der Waals surface area contributed by atoms with E-state index in [9.17, 15) is 4.79 Å². The van der Waals surface area contributed by atoms with Crippen molar-refractivity contribution in [3.63, 3.8) is 0 Å². The van der Waals surface area contributed by atoms with Gasteiger partial charge >= 0.3 is 0 Å². The quantitative estimate of drug-likeness (QED) is 0.638. The average molecular weight is 447 g/mol. The van der Waals surface area contributed by atoms with E-state index >= 15 is 0 Å². The first-order valence-electron chi connectivity index (χ1n) is 9.80. The minimum atomic E-state index is -0.225. The Bertz CT molecular complexity index is 1020. The number of piperidine rings is 1. The number of nitrogens with zero attached hydrogens (tertiary/aromatic N) is 4. The number of thiophene rings is 1. The van der Waals surface area contributed by atoms with E-state index in [1.807, 2.05) is 18.2 Å². The second kappa shape index (κ2) is 8.81. The highest BCUT2D eigenvalue weighted by atomic mass is 35.5. The third-order valence-corrected chi connectivity index (χ3v) is 6.78. The second-order valence-corrected chi connectivity index (χ2v) is 8.44. The van der Waals surface area contributed by atoms with Crippen LogP contribution in [0.25, 0.3) is 5.82 Å². The highest BCUT2D eigenvalue weighted by Crippen LogP contribution is 2.43. The fourth-order valence-electron chi connectivity index (χ4n) is 4.13. The van der Waals surface area contributed by atoms with Crippen molar-refractivity contribution < 1.29 is 9.53 Å². The summed E-state index contributed by atoms with van der Waals surface area (Å²) in [5.74, 6) is 0.597. The van der Waals surface area contributed by atoms with Gasteiger partial charge in [-0.2, -0.15) is 5.10 Å². The summed E-state index contributed by atoms with van der Waals surface area (Å²) in [4.78, 5) is 23.3. The van der Waals surface area contributed by atoms with Gasteiger partial charge in [-0.1, -0.05) is 6.07 Å². The van der Waals surface area contributed by atoms with Crippen LogP contribution in [0.5, 0.6) is 0 Å². The molecule has 2 N–H and O–H groups in total. The van der Waals surface area contributed by atoms with Gasteiger partial charge in [0.15, 0.2) is 5.82 Å². The fraction of sp³-hybridized carbons (Fsp3) is 0.400. The number of nitrogens with one attached hydrogen (secondary N) is 2. The van der Waals surface area contributed by atoms with E-state index in [0.717, 1.165) is 49.4 Å². The molecule has 2 aliphatic heterocycles. The average Bonchev–Trinajstić information content (AvgIpc) is 3.44. The van der Waals surface area contributed by atoms with Crippen molar-refractivity contribution in [2.24, 2.45) is 0 Å². The Morgan fingerprint density at radius 1 is 1.37 bits per heavy atom. The maximum absolute atomic E-state index is 12.9. The number of pyridine rings is 1. The van der Waals surface area contributed by atoms with Gasteiger partial charge in [0.1, 0.15) is 12.7 Å². The summed E-state index contributed by atoms with van der Waals surface area (Å²) >= 11 is 1.59. The van der Waals surface area contributed by atoms with Crippen LogP contribution in [-0.2, 0) is 23.3 Å². The third kappa shape index (κ3) is 3.85. The highest BCUT2D eigenvalue weighted by molar-refractivity contribution is 7.14. The molecule has 1 spiro atoms. The van der Waals surface area contributed by atoms with Crippen molar-refractivity contribution in [1.82, 2.24) is 30.4 Å². The number of amides is 1. The van der Waals surface area contributed by atoms with Crippen molar-refractivity contribution >= 4 is 29.7 Å². The number of carbonyl (C=O) groups excluding carboxylic acids is 1. The zero-order chi connectivity index (χ0) is 19.7. The molecule has 0 bridgehead atoms. The molecule has 0 radical (unpaired) electrons. The Hall–Kier alpha value is -2.33. The van der Waals surface area contributed by atoms with Gasteiger partial charge in [0.2, 0.25) is 0 Å². The monoisotopic (exact) mass is 446 g/mol. The number of hydrogen-bond donors (Lipinski definition) is 2. The molecule has 3 aromatic rings. The Morgan fingerprint density at radius 3 is 3.03 bits per heavy atom. The van der Waals surface area contributed by atoms with Crippen molar-refractivity contribution in [3.8, 4) is 5.82 Å². The minimum absolute atomic E-state index is 0. The van der Waals surface area contributed by atoms with Gasteiger partial charge in [-0.15, -0.1) is 23.7 Å². The van der Waals surface area contributed by atoms with Gasteiger partial charge in [-0.25, -0.2) is 14.6 Å². The van der Waals surface area contributed by atoms with Crippen LogP contribution in [0.2, 0.25) is 0 Å². The van der Waals surface area contributed by atoms with Crippen LogP contribution in [0.3, 0.4) is 0 Å². The molecule has 30 heavy (non-hydrogen) atoms. The second-order valence-electron chi connectivity index (χ2n) is 7.30. The Labute approximate surface area is 184 Å². The standard InChI is InChI=1S/C20H22N6O2S.ClH/c27-19(24-11-14-2-1-6-23-18(14)26-13-22-12-25-26)17-10-15-16(29-17)3-9-28-20(15)4-7-21-8-5-20;/h1-2,6,10,12-13,21H,3-5,7-9,11H2,(H,24,27);1H. The van der Waals surface area contributed by atoms with Gasteiger partial charge in [0, 0.05) is 29.6 Å². The first-order chi connectivity index (χ1) is 14.3. The molecule has 0 unspecified atom stereocenters. The molecule has 158 valence electrons. The van der Waals surface area contributed by atoms with E-state index in [0.29, 0.717) is 12.4 Å². The molecule has 0 aromatic carbocycles. The molecule has 1 amide bonds. The predicted octanol–water partition coefficient (Wildman–Crippen LogP) is 2.23. The lowest BCUT2D eigenvalue weighted by Gasteiger charge is -2.40. The molecular weight excluding hydrogens is 424 g/mol. The number of ether oxygens (including phenoxy) is 1. The van der Waals surface area contributed by atoms with E-state index in [1.165, 1.54) is 16.8 Å². The number of halogens is 1. The summed E-state index contributed by atoms with van der Waals surface area (Å²) < 4.78 is 7.82. The Balaban J connectivity index is 0.00000218. The summed E-state index contributed by atoms with van der Waals surface area (Å²) in [6, 6.07) is 5.83. The summed E-state index contributed by atoms with van der Waals surface area (Å²) in [6.07, 6.45) is 7.55. The van der Waals surface area contributed by atoms with E-state index in [1.54, 1.807) is 28.5 Å². The summed E-state index contributed by atoms with van der Waals surface area (Å²) in [5.41, 5.74) is 1.87. The minimum Gasteiger partial charge on any atom is -0.370 e. The number of rotatable bonds is 4. The van der Waals surface area contributed by atoms with E-state index in [4.69, 9.17) is 4.74 Å². The molecule has 5 rings (SSSR count). The fourth-order valence-corrected chi connectivity index (χ4v) is 5.28. The van der Waals surface area contributed by atoms with Crippen molar-refractivity contribution in [2.45, 2.75) is 31.4 Å². The number of carbonyl (C=O) groups is 1. The van der Waals surface area contributed by atoms with Gasteiger partial charge in [-0.3, -0.25) is 4.79 Å². The summed E-state index contributed by atoms with van der Waals surface area (Å²) in [5, 5.41) is 10.6. The molecule has 5 heterocycles. The van der Waals surface area contributed by atoms with Crippen molar-refractivity contribution in [2.75, 3.05) is 19.7 Å².